The van der Waals surface area contributed by atoms with Crippen LogP contribution in [0.25, 0.3) is 11.0 Å². The minimum Gasteiger partial charge on any atom is -0.465 e. The molecule has 0 saturated carbocycles. The van der Waals surface area contributed by atoms with Crippen LogP contribution in [0.4, 0.5) is 4.79 Å². The van der Waals surface area contributed by atoms with Crippen LogP contribution in [0.5, 0.6) is 0 Å². The molecule has 6 heteroatoms. The molecule has 1 aromatic carbocycles. The van der Waals surface area contributed by atoms with Crippen molar-refractivity contribution in [3.63, 3.8) is 0 Å². The lowest BCUT2D eigenvalue weighted by Gasteiger charge is -2.14. The number of carboxylic acid groups (broad SMARTS) is 1. The number of aromatic nitrogens is 2. The van der Waals surface area contributed by atoms with Crippen molar-refractivity contribution in [3.8, 4) is 0 Å². The van der Waals surface area contributed by atoms with E-state index in [0.717, 1.165) is 42.8 Å². The summed E-state index contributed by atoms with van der Waals surface area (Å²) in [5.74, 6) is 0.956. The van der Waals surface area contributed by atoms with Gasteiger partial charge in [0.1, 0.15) is 5.82 Å². The fourth-order valence-corrected chi connectivity index (χ4v) is 2.12. The van der Waals surface area contributed by atoms with E-state index in [0.29, 0.717) is 6.54 Å². The van der Waals surface area contributed by atoms with Crippen molar-refractivity contribution < 1.29 is 9.90 Å². The highest BCUT2D eigenvalue weighted by molar-refractivity contribution is 5.74. The van der Waals surface area contributed by atoms with E-state index in [1.807, 2.05) is 31.3 Å². The number of amides is 1. The maximum Gasteiger partial charge on any atom is 0.404 e. The topological polar surface area (TPSA) is 81.2 Å². The van der Waals surface area contributed by atoms with E-state index in [4.69, 9.17) is 5.11 Å². The number of rotatable bonds is 7. The van der Waals surface area contributed by atoms with Gasteiger partial charge >= 0.3 is 6.09 Å². The van der Waals surface area contributed by atoms with Gasteiger partial charge in [-0.05, 0) is 38.6 Å². The van der Waals surface area contributed by atoms with E-state index in [-0.39, 0.29) is 0 Å². The minimum absolute atomic E-state index is 0.508. The third-order valence-electron chi connectivity index (χ3n) is 3.10. The summed E-state index contributed by atoms with van der Waals surface area (Å²) in [4.78, 5) is 20.3. The summed E-state index contributed by atoms with van der Waals surface area (Å²) in [5.41, 5.74) is 2.04. The predicted molar refractivity (Wildman–Crippen MR) is 77.7 cm³/mol. The third kappa shape index (κ3) is 4.24. The Labute approximate surface area is 117 Å². The molecule has 0 saturated heterocycles. The first-order valence-electron chi connectivity index (χ1n) is 6.74. The number of unbranched alkanes of at least 4 members (excludes halogenated alkanes) is 1. The van der Waals surface area contributed by atoms with Gasteiger partial charge in [0.2, 0.25) is 0 Å². The molecular formula is C14H20N4O2. The smallest absolute Gasteiger partial charge is 0.404 e. The number of fused-ring (bicyclic) bond motifs is 1. The maximum atomic E-state index is 10.3. The van der Waals surface area contributed by atoms with Crippen LogP contribution in [0.2, 0.25) is 0 Å². The molecular weight excluding hydrogens is 256 g/mol. The van der Waals surface area contributed by atoms with Crippen molar-refractivity contribution in [1.82, 2.24) is 20.2 Å². The normalized spacial score (nSPS) is 11.1. The molecule has 0 bridgehead atoms. The fraction of sp³-hybridized carbons (Fsp3) is 0.429. The van der Waals surface area contributed by atoms with Crippen LogP contribution in [0.15, 0.2) is 24.3 Å². The molecule has 3 N–H and O–H groups in total. The van der Waals surface area contributed by atoms with Gasteiger partial charge in [-0.2, -0.15) is 0 Å². The first kappa shape index (κ1) is 14.3. The zero-order chi connectivity index (χ0) is 14.4. The van der Waals surface area contributed by atoms with Crippen LogP contribution in [0, 0.1) is 0 Å². The first-order valence-corrected chi connectivity index (χ1v) is 6.74. The molecule has 20 heavy (non-hydrogen) atoms. The Morgan fingerprint density at radius 2 is 2.20 bits per heavy atom. The largest absolute Gasteiger partial charge is 0.465 e. The predicted octanol–water partition coefficient (Wildman–Crippen LogP) is 2.04. The number of benzene rings is 1. The molecule has 2 aromatic rings. The van der Waals surface area contributed by atoms with Gasteiger partial charge in [-0.25, -0.2) is 9.78 Å². The number of H-pyrrole nitrogens is 1. The van der Waals surface area contributed by atoms with Crippen molar-refractivity contribution in [3.05, 3.63) is 30.1 Å². The molecule has 108 valence electrons. The summed E-state index contributed by atoms with van der Waals surface area (Å²) in [6.45, 7) is 2.19. The molecule has 0 atom stereocenters. The molecule has 1 aromatic heterocycles. The van der Waals surface area contributed by atoms with Gasteiger partial charge in [0.15, 0.2) is 0 Å². The molecule has 0 aliphatic rings. The van der Waals surface area contributed by atoms with Crippen LogP contribution in [0.1, 0.15) is 18.7 Å². The van der Waals surface area contributed by atoms with E-state index >= 15 is 0 Å². The van der Waals surface area contributed by atoms with Gasteiger partial charge in [0, 0.05) is 6.54 Å². The number of nitrogens with one attached hydrogen (secondary N) is 2. The average molecular weight is 276 g/mol. The second-order valence-corrected chi connectivity index (χ2v) is 4.88. The van der Waals surface area contributed by atoms with Crippen LogP contribution in [-0.4, -0.2) is 46.2 Å². The lowest BCUT2D eigenvalue weighted by Crippen LogP contribution is -2.24. The molecule has 0 aliphatic heterocycles. The van der Waals surface area contributed by atoms with E-state index in [1.165, 1.54) is 0 Å². The van der Waals surface area contributed by atoms with Crippen LogP contribution < -0.4 is 5.32 Å². The summed E-state index contributed by atoms with van der Waals surface area (Å²) in [7, 11) is 2.04. The zero-order valence-corrected chi connectivity index (χ0v) is 11.6. The number of imidazole rings is 1. The van der Waals surface area contributed by atoms with Crippen molar-refractivity contribution >= 4 is 17.1 Å². The molecule has 1 heterocycles. The van der Waals surface area contributed by atoms with Crippen molar-refractivity contribution in [1.29, 1.82) is 0 Å². The molecule has 6 nitrogen and oxygen atoms in total. The van der Waals surface area contributed by atoms with Crippen LogP contribution in [-0.2, 0) is 6.54 Å². The average Bonchev–Trinajstić information content (AvgIpc) is 2.79. The Balaban J connectivity index is 1.73. The lowest BCUT2D eigenvalue weighted by molar-refractivity contribution is 0.194. The Morgan fingerprint density at radius 1 is 1.40 bits per heavy atom. The third-order valence-corrected chi connectivity index (χ3v) is 3.10. The second-order valence-electron chi connectivity index (χ2n) is 4.88. The molecule has 1 amide bonds. The lowest BCUT2D eigenvalue weighted by atomic mass is 10.3. The summed E-state index contributed by atoms with van der Waals surface area (Å²) >= 11 is 0. The van der Waals surface area contributed by atoms with E-state index in [9.17, 15) is 4.79 Å². The zero-order valence-electron chi connectivity index (χ0n) is 11.6. The summed E-state index contributed by atoms with van der Waals surface area (Å²) in [5, 5.41) is 10.8. The number of hydrogen-bond acceptors (Lipinski definition) is 3. The van der Waals surface area contributed by atoms with Gasteiger partial charge in [0.25, 0.3) is 0 Å². The summed E-state index contributed by atoms with van der Waals surface area (Å²) in [6, 6.07) is 7.98. The number of para-hydroxylation sites is 2. The molecule has 2 rings (SSSR count). The van der Waals surface area contributed by atoms with E-state index in [2.05, 4.69) is 20.2 Å². The Kier molecular flexibility index (Phi) is 4.95. The van der Waals surface area contributed by atoms with Gasteiger partial charge in [0.05, 0.1) is 17.6 Å². The van der Waals surface area contributed by atoms with Crippen molar-refractivity contribution in [2.45, 2.75) is 19.4 Å². The minimum atomic E-state index is -0.958. The molecule has 0 unspecified atom stereocenters. The Bertz CT molecular complexity index is 534. The highest BCUT2D eigenvalue weighted by atomic mass is 16.4. The monoisotopic (exact) mass is 276 g/mol. The van der Waals surface area contributed by atoms with Gasteiger partial charge in [-0.3, -0.25) is 4.90 Å². The summed E-state index contributed by atoms with van der Waals surface area (Å²) < 4.78 is 0. The fourth-order valence-electron chi connectivity index (χ4n) is 2.12. The molecule has 0 radical (unpaired) electrons. The van der Waals surface area contributed by atoms with E-state index in [1.54, 1.807) is 0 Å². The first-order chi connectivity index (χ1) is 9.65. The molecule has 0 aliphatic carbocycles. The van der Waals surface area contributed by atoms with Gasteiger partial charge < -0.3 is 15.4 Å². The SMILES string of the molecule is CN(CCCCNC(=O)O)Cc1nc2ccccc2[nH]1. The Hall–Kier alpha value is -2.08. The van der Waals surface area contributed by atoms with Gasteiger partial charge in [-0.15, -0.1) is 0 Å². The number of hydrogen-bond donors (Lipinski definition) is 3. The molecule has 0 spiro atoms. The highest BCUT2D eigenvalue weighted by Gasteiger charge is 2.05. The molecule has 0 fully saturated rings. The Morgan fingerprint density at radius 3 is 2.95 bits per heavy atom. The van der Waals surface area contributed by atoms with Crippen LogP contribution in [0.3, 0.4) is 0 Å². The quantitative estimate of drug-likeness (QED) is 0.676. The van der Waals surface area contributed by atoms with Gasteiger partial charge in [-0.1, -0.05) is 12.1 Å². The maximum absolute atomic E-state index is 10.3. The van der Waals surface area contributed by atoms with Crippen molar-refractivity contribution in [2.75, 3.05) is 20.1 Å². The number of carbonyl (C=O) groups is 1. The van der Waals surface area contributed by atoms with Crippen LogP contribution >= 0.6 is 0 Å². The standard InChI is InChI=1S/C14H20N4O2/c1-18(9-5-4-8-15-14(19)20)10-13-16-11-6-2-3-7-12(11)17-13/h2-3,6-7,15H,4-5,8-10H2,1H3,(H,16,17)(H,19,20). The van der Waals surface area contributed by atoms with Crippen molar-refractivity contribution in [2.24, 2.45) is 0 Å². The van der Waals surface area contributed by atoms with E-state index < -0.39 is 6.09 Å². The summed E-state index contributed by atoms with van der Waals surface area (Å²) in [6.07, 6.45) is 0.842. The highest BCUT2D eigenvalue weighted by Crippen LogP contribution is 2.11. The number of nitrogens with zero attached hydrogens (tertiary/aromatic N) is 2. The number of aromatic amines is 1. The second kappa shape index (κ2) is 6.91.